The normalized spacial score (nSPS) is 13.8. The standard InChI is InChI=1S/C14H8Cl2N2O2/c15-10-5-12(16)17-6-8(10)7-18-11-4-2-1-3-9(11)13(19)14(18)20/h1-6H,7H2. The number of carbonyl (C=O) groups is 2. The van der Waals surface area contributed by atoms with Gasteiger partial charge in [0, 0.05) is 11.8 Å². The van der Waals surface area contributed by atoms with Crippen LogP contribution in [0.3, 0.4) is 0 Å². The second-order valence-corrected chi connectivity index (χ2v) is 5.13. The van der Waals surface area contributed by atoms with Crippen molar-refractivity contribution in [2.45, 2.75) is 6.54 Å². The predicted octanol–water partition coefficient (Wildman–Crippen LogP) is 3.12. The maximum absolute atomic E-state index is 12.0. The monoisotopic (exact) mass is 306 g/mol. The first kappa shape index (κ1) is 13.1. The Kier molecular flexibility index (Phi) is 3.20. The number of rotatable bonds is 2. The molecule has 4 nitrogen and oxygen atoms in total. The number of benzene rings is 1. The van der Waals surface area contributed by atoms with Crippen molar-refractivity contribution in [2.75, 3.05) is 4.90 Å². The Labute approximate surface area is 124 Å². The van der Waals surface area contributed by atoms with Gasteiger partial charge in [0.2, 0.25) is 0 Å². The van der Waals surface area contributed by atoms with Crippen molar-refractivity contribution in [1.29, 1.82) is 0 Å². The molecule has 1 aromatic heterocycles. The van der Waals surface area contributed by atoms with E-state index in [0.717, 1.165) is 0 Å². The van der Waals surface area contributed by atoms with E-state index in [1.807, 2.05) is 0 Å². The molecule has 6 heteroatoms. The molecule has 20 heavy (non-hydrogen) atoms. The average molecular weight is 307 g/mol. The Morgan fingerprint density at radius 2 is 1.90 bits per heavy atom. The van der Waals surface area contributed by atoms with Gasteiger partial charge in [-0.3, -0.25) is 9.59 Å². The van der Waals surface area contributed by atoms with E-state index in [2.05, 4.69) is 4.98 Å². The van der Waals surface area contributed by atoms with E-state index in [0.29, 0.717) is 21.8 Å². The summed E-state index contributed by atoms with van der Waals surface area (Å²) in [5, 5.41) is 0.692. The summed E-state index contributed by atoms with van der Waals surface area (Å²) < 4.78 is 0. The van der Waals surface area contributed by atoms with Crippen LogP contribution in [0.1, 0.15) is 15.9 Å². The first-order valence-corrected chi connectivity index (χ1v) is 6.58. The van der Waals surface area contributed by atoms with Gasteiger partial charge in [-0.05, 0) is 18.2 Å². The summed E-state index contributed by atoms with van der Waals surface area (Å²) in [5.41, 5.74) is 1.64. The topological polar surface area (TPSA) is 50.3 Å². The molecular formula is C14H8Cl2N2O2. The molecule has 3 rings (SSSR count). The Morgan fingerprint density at radius 3 is 2.65 bits per heavy atom. The van der Waals surface area contributed by atoms with E-state index in [1.165, 1.54) is 17.2 Å². The molecule has 0 fully saturated rings. The van der Waals surface area contributed by atoms with Crippen LogP contribution in [0.5, 0.6) is 0 Å². The first-order chi connectivity index (χ1) is 9.58. The third-order valence-electron chi connectivity index (χ3n) is 3.10. The van der Waals surface area contributed by atoms with Gasteiger partial charge in [0.25, 0.3) is 11.7 Å². The highest BCUT2D eigenvalue weighted by Crippen LogP contribution is 2.31. The number of hydrogen-bond acceptors (Lipinski definition) is 3. The van der Waals surface area contributed by atoms with E-state index in [-0.39, 0.29) is 11.7 Å². The van der Waals surface area contributed by atoms with Crippen LogP contribution >= 0.6 is 23.2 Å². The van der Waals surface area contributed by atoms with Crippen molar-refractivity contribution in [3.8, 4) is 0 Å². The molecular weight excluding hydrogens is 299 g/mol. The molecule has 0 atom stereocenters. The number of carbonyl (C=O) groups excluding carboxylic acids is 2. The zero-order valence-electron chi connectivity index (χ0n) is 10.1. The molecule has 2 heterocycles. The second-order valence-electron chi connectivity index (χ2n) is 4.34. The van der Waals surface area contributed by atoms with Gasteiger partial charge in [-0.15, -0.1) is 0 Å². The smallest absolute Gasteiger partial charge is 0.299 e. The zero-order valence-corrected chi connectivity index (χ0v) is 11.6. The number of ketones is 1. The lowest BCUT2D eigenvalue weighted by atomic mass is 10.1. The number of Topliss-reactive ketones (excluding diaryl/α,β-unsaturated/α-hetero) is 1. The average Bonchev–Trinajstić information content (AvgIpc) is 2.67. The number of pyridine rings is 1. The number of halogens is 2. The van der Waals surface area contributed by atoms with E-state index in [9.17, 15) is 9.59 Å². The number of para-hydroxylation sites is 1. The minimum atomic E-state index is -0.558. The Balaban J connectivity index is 1.99. The lowest BCUT2D eigenvalue weighted by Crippen LogP contribution is -2.29. The second kappa shape index (κ2) is 4.89. The van der Waals surface area contributed by atoms with Crippen molar-refractivity contribution in [1.82, 2.24) is 4.98 Å². The van der Waals surface area contributed by atoms with Crippen molar-refractivity contribution in [2.24, 2.45) is 0 Å². The minimum Gasteiger partial charge on any atom is -0.300 e. The van der Waals surface area contributed by atoms with Gasteiger partial charge in [0.15, 0.2) is 0 Å². The summed E-state index contributed by atoms with van der Waals surface area (Å²) >= 11 is 11.8. The summed E-state index contributed by atoms with van der Waals surface area (Å²) in [6.07, 6.45) is 1.50. The molecule has 0 unspecified atom stereocenters. The fourth-order valence-corrected chi connectivity index (χ4v) is 2.55. The molecule has 0 spiro atoms. The Hall–Kier alpha value is -1.91. The number of nitrogens with zero attached hydrogens (tertiary/aromatic N) is 2. The highest BCUT2D eigenvalue weighted by atomic mass is 35.5. The first-order valence-electron chi connectivity index (χ1n) is 5.83. The number of anilines is 1. The number of fused-ring (bicyclic) bond motifs is 1. The van der Waals surface area contributed by atoms with Crippen LogP contribution in [-0.4, -0.2) is 16.7 Å². The Bertz CT molecular complexity index is 731. The van der Waals surface area contributed by atoms with Crippen LogP contribution in [0.25, 0.3) is 0 Å². The highest BCUT2D eigenvalue weighted by Gasteiger charge is 2.35. The summed E-state index contributed by atoms with van der Waals surface area (Å²) in [6, 6.07) is 8.38. The van der Waals surface area contributed by atoms with Gasteiger partial charge in [-0.25, -0.2) is 4.98 Å². The third-order valence-corrected chi connectivity index (χ3v) is 3.66. The molecule has 1 aliphatic heterocycles. The van der Waals surface area contributed by atoms with Crippen LogP contribution in [0, 0.1) is 0 Å². The van der Waals surface area contributed by atoms with Crippen molar-refractivity contribution >= 4 is 40.6 Å². The largest absolute Gasteiger partial charge is 0.300 e. The van der Waals surface area contributed by atoms with Crippen LogP contribution < -0.4 is 4.90 Å². The molecule has 0 saturated carbocycles. The summed E-state index contributed by atoms with van der Waals surface area (Å²) in [5.74, 6) is -1.06. The fourth-order valence-electron chi connectivity index (χ4n) is 2.13. The molecule has 0 aliphatic carbocycles. The number of aromatic nitrogens is 1. The lowest BCUT2D eigenvalue weighted by Gasteiger charge is -2.17. The SMILES string of the molecule is O=C1C(=O)N(Cc2cnc(Cl)cc2Cl)c2ccccc21. The van der Waals surface area contributed by atoms with Crippen molar-refractivity contribution < 1.29 is 9.59 Å². The van der Waals surface area contributed by atoms with Gasteiger partial charge in [0.1, 0.15) is 5.15 Å². The molecule has 0 saturated heterocycles. The summed E-state index contributed by atoms with van der Waals surface area (Å²) in [4.78, 5) is 29.2. The van der Waals surface area contributed by atoms with Crippen LogP contribution in [-0.2, 0) is 11.3 Å². The predicted molar refractivity (Wildman–Crippen MR) is 76.2 cm³/mol. The maximum atomic E-state index is 12.0. The van der Waals surface area contributed by atoms with Gasteiger partial charge in [-0.1, -0.05) is 35.3 Å². The fraction of sp³-hybridized carbons (Fsp3) is 0.0714. The summed E-state index contributed by atoms with van der Waals surface area (Å²) in [6.45, 7) is 0.185. The lowest BCUT2D eigenvalue weighted by molar-refractivity contribution is -0.114. The third kappa shape index (κ3) is 2.07. The van der Waals surface area contributed by atoms with Gasteiger partial charge < -0.3 is 4.90 Å². The highest BCUT2D eigenvalue weighted by molar-refractivity contribution is 6.52. The van der Waals surface area contributed by atoms with E-state index >= 15 is 0 Å². The van der Waals surface area contributed by atoms with Gasteiger partial charge in [-0.2, -0.15) is 0 Å². The van der Waals surface area contributed by atoms with E-state index in [1.54, 1.807) is 24.3 Å². The molecule has 0 radical (unpaired) electrons. The Morgan fingerprint density at radius 1 is 1.15 bits per heavy atom. The number of hydrogen-bond donors (Lipinski definition) is 0. The molecule has 1 aliphatic rings. The number of amides is 1. The zero-order chi connectivity index (χ0) is 14.3. The minimum absolute atomic E-state index is 0.185. The van der Waals surface area contributed by atoms with Gasteiger partial charge >= 0.3 is 0 Å². The van der Waals surface area contributed by atoms with Gasteiger partial charge in [0.05, 0.1) is 22.8 Å². The van der Waals surface area contributed by atoms with Crippen molar-refractivity contribution in [3.05, 3.63) is 57.8 Å². The molecule has 1 aromatic carbocycles. The van der Waals surface area contributed by atoms with E-state index < -0.39 is 11.7 Å². The molecule has 0 bridgehead atoms. The van der Waals surface area contributed by atoms with Crippen LogP contribution in [0.15, 0.2) is 36.5 Å². The van der Waals surface area contributed by atoms with Crippen molar-refractivity contribution in [3.63, 3.8) is 0 Å². The molecule has 1 amide bonds. The maximum Gasteiger partial charge on any atom is 0.299 e. The molecule has 2 aromatic rings. The van der Waals surface area contributed by atoms with E-state index in [4.69, 9.17) is 23.2 Å². The molecule has 100 valence electrons. The van der Waals surface area contributed by atoms with Crippen LogP contribution in [0.4, 0.5) is 5.69 Å². The summed E-state index contributed by atoms with van der Waals surface area (Å²) in [7, 11) is 0. The molecule has 0 N–H and O–H groups in total. The van der Waals surface area contributed by atoms with Crippen LogP contribution in [0.2, 0.25) is 10.2 Å². The quantitative estimate of drug-likeness (QED) is 0.633.